The van der Waals surface area contributed by atoms with Crippen molar-refractivity contribution in [3.05, 3.63) is 42.2 Å². The number of aromatic nitrogens is 3. The fraction of sp³-hybridized carbons (Fsp3) is 0.438. The number of nitrogens with one attached hydrogen (secondary N) is 1. The molecule has 6 nitrogen and oxygen atoms in total. The fourth-order valence-electron chi connectivity index (χ4n) is 2.02. The van der Waals surface area contributed by atoms with Crippen LogP contribution in [0.1, 0.15) is 37.7 Å². The summed E-state index contributed by atoms with van der Waals surface area (Å²) in [6, 6.07) is 9.37. The van der Waals surface area contributed by atoms with Crippen LogP contribution in [0.5, 0.6) is 0 Å². The molecule has 2 aromatic rings. The Morgan fingerprint density at radius 3 is 2.73 bits per heavy atom. The molecule has 22 heavy (non-hydrogen) atoms. The van der Waals surface area contributed by atoms with E-state index in [0.29, 0.717) is 0 Å². The van der Waals surface area contributed by atoms with Gasteiger partial charge in [-0.2, -0.15) is 9.90 Å². The van der Waals surface area contributed by atoms with Gasteiger partial charge >= 0.3 is 0 Å². The maximum absolute atomic E-state index is 12.1. The summed E-state index contributed by atoms with van der Waals surface area (Å²) in [7, 11) is 0. The van der Waals surface area contributed by atoms with Crippen molar-refractivity contribution in [3.8, 4) is 5.69 Å². The van der Waals surface area contributed by atoms with E-state index in [1.165, 1.54) is 11.0 Å². The summed E-state index contributed by atoms with van der Waals surface area (Å²) in [6.07, 6.45) is 2.26. The highest BCUT2D eigenvalue weighted by molar-refractivity contribution is 5.91. The molecule has 0 aliphatic heterocycles. The first kappa shape index (κ1) is 16.2. The van der Waals surface area contributed by atoms with E-state index >= 15 is 0 Å². The average molecular weight is 302 g/mol. The zero-order valence-electron chi connectivity index (χ0n) is 13.2. The van der Waals surface area contributed by atoms with Crippen LogP contribution in [0.25, 0.3) is 5.69 Å². The van der Waals surface area contributed by atoms with Gasteiger partial charge in [0.25, 0.3) is 5.91 Å². The Morgan fingerprint density at radius 1 is 1.41 bits per heavy atom. The molecule has 0 aliphatic rings. The topological polar surface area (TPSA) is 80.0 Å². The normalized spacial score (nSPS) is 15.1. The van der Waals surface area contributed by atoms with Crippen molar-refractivity contribution in [2.75, 3.05) is 6.54 Å². The average Bonchev–Trinajstić information content (AvgIpc) is 3.02. The van der Waals surface area contributed by atoms with Gasteiger partial charge in [-0.1, -0.05) is 38.5 Å². The molecule has 0 aliphatic carbocycles. The summed E-state index contributed by atoms with van der Waals surface area (Å²) in [4.78, 5) is 13.5. The molecule has 118 valence electrons. The third-order valence-corrected chi connectivity index (χ3v) is 3.99. The SMILES string of the molecule is CCC(C)C(C)(O)CNC(=O)c1cnn(-c2ccccc2)n1. The van der Waals surface area contributed by atoms with Gasteiger partial charge < -0.3 is 10.4 Å². The minimum atomic E-state index is -0.945. The molecule has 1 aromatic heterocycles. The van der Waals surface area contributed by atoms with E-state index in [1.54, 1.807) is 6.92 Å². The van der Waals surface area contributed by atoms with Crippen LogP contribution < -0.4 is 5.32 Å². The predicted octanol–water partition coefficient (Wildman–Crippen LogP) is 1.79. The Labute approximate surface area is 130 Å². The van der Waals surface area contributed by atoms with E-state index in [4.69, 9.17) is 0 Å². The number of aliphatic hydroxyl groups is 1. The van der Waals surface area contributed by atoms with Crippen LogP contribution in [0.2, 0.25) is 0 Å². The van der Waals surface area contributed by atoms with Crippen molar-refractivity contribution >= 4 is 5.91 Å². The second-order valence-corrected chi connectivity index (χ2v) is 5.70. The van der Waals surface area contributed by atoms with Crippen LogP contribution in [0.3, 0.4) is 0 Å². The van der Waals surface area contributed by atoms with Gasteiger partial charge in [-0.3, -0.25) is 4.79 Å². The Hall–Kier alpha value is -2.21. The van der Waals surface area contributed by atoms with Crippen molar-refractivity contribution in [2.24, 2.45) is 5.92 Å². The predicted molar refractivity (Wildman–Crippen MR) is 83.8 cm³/mol. The molecule has 1 aromatic carbocycles. The number of hydrogen-bond donors (Lipinski definition) is 2. The van der Waals surface area contributed by atoms with Crippen LogP contribution in [0, 0.1) is 5.92 Å². The molecule has 2 N–H and O–H groups in total. The van der Waals surface area contributed by atoms with Crippen LogP contribution in [-0.2, 0) is 0 Å². The number of nitrogens with zero attached hydrogens (tertiary/aromatic N) is 3. The molecular weight excluding hydrogens is 280 g/mol. The number of benzene rings is 1. The van der Waals surface area contributed by atoms with Crippen LogP contribution in [0.15, 0.2) is 36.5 Å². The first-order valence-electron chi connectivity index (χ1n) is 7.42. The number of carbonyl (C=O) groups excluding carboxylic acids is 1. The van der Waals surface area contributed by atoms with Crippen molar-refractivity contribution in [2.45, 2.75) is 32.8 Å². The maximum Gasteiger partial charge on any atom is 0.273 e. The lowest BCUT2D eigenvalue weighted by Gasteiger charge is -2.29. The van der Waals surface area contributed by atoms with Gasteiger partial charge in [0, 0.05) is 6.54 Å². The Kier molecular flexibility index (Phi) is 4.92. The van der Waals surface area contributed by atoms with Crippen molar-refractivity contribution in [3.63, 3.8) is 0 Å². The van der Waals surface area contributed by atoms with E-state index in [1.807, 2.05) is 44.2 Å². The summed E-state index contributed by atoms with van der Waals surface area (Å²) < 4.78 is 0. The van der Waals surface area contributed by atoms with Crippen LogP contribution in [-0.4, -0.2) is 38.2 Å². The third kappa shape index (κ3) is 3.71. The third-order valence-electron chi connectivity index (χ3n) is 3.99. The smallest absolute Gasteiger partial charge is 0.273 e. The first-order chi connectivity index (χ1) is 10.4. The molecule has 0 bridgehead atoms. The molecule has 0 spiro atoms. The van der Waals surface area contributed by atoms with Gasteiger partial charge in [0.2, 0.25) is 0 Å². The number of rotatable bonds is 6. The molecule has 6 heteroatoms. The molecule has 2 atom stereocenters. The van der Waals surface area contributed by atoms with Crippen molar-refractivity contribution in [1.82, 2.24) is 20.3 Å². The fourth-order valence-corrected chi connectivity index (χ4v) is 2.02. The van der Waals surface area contributed by atoms with E-state index in [9.17, 15) is 9.90 Å². The Bertz CT molecular complexity index is 622. The molecule has 2 unspecified atom stereocenters. The Balaban J connectivity index is 2.01. The van der Waals surface area contributed by atoms with Crippen LogP contribution in [0.4, 0.5) is 0 Å². The minimum Gasteiger partial charge on any atom is -0.388 e. The van der Waals surface area contributed by atoms with E-state index < -0.39 is 5.60 Å². The monoisotopic (exact) mass is 302 g/mol. The summed E-state index contributed by atoms with van der Waals surface area (Å²) in [5.41, 5.74) is 0.0665. The number of carbonyl (C=O) groups is 1. The van der Waals surface area contributed by atoms with Crippen molar-refractivity contribution in [1.29, 1.82) is 0 Å². The van der Waals surface area contributed by atoms with Gasteiger partial charge in [0.15, 0.2) is 5.69 Å². The van der Waals surface area contributed by atoms with E-state index in [0.717, 1.165) is 12.1 Å². The Morgan fingerprint density at radius 2 is 2.09 bits per heavy atom. The van der Waals surface area contributed by atoms with Gasteiger partial charge in [-0.05, 0) is 25.0 Å². The number of amides is 1. The molecule has 0 radical (unpaired) electrons. The largest absolute Gasteiger partial charge is 0.388 e. The molecular formula is C16H22N4O2. The van der Waals surface area contributed by atoms with Gasteiger partial charge in [-0.15, -0.1) is 5.10 Å². The zero-order valence-corrected chi connectivity index (χ0v) is 13.2. The summed E-state index contributed by atoms with van der Waals surface area (Å²) >= 11 is 0. The molecule has 2 rings (SSSR count). The zero-order chi connectivity index (χ0) is 16.2. The van der Waals surface area contributed by atoms with Gasteiger partial charge in [0.05, 0.1) is 17.5 Å². The van der Waals surface area contributed by atoms with Gasteiger partial charge in [0.1, 0.15) is 0 Å². The van der Waals surface area contributed by atoms with E-state index in [2.05, 4.69) is 15.5 Å². The van der Waals surface area contributed by atoms with Crippen molar-refractivity contribution < 1.29 is 9.90 Å². The first-order valence-corrected chi connectivity index (χ1v) is 7.42. The van der Waals surface area contributed by atoms with Gasteiger partial charge in [-0.25, -0.2) is 0 Å². The highest BCUT2D eigenvalue weighted by Crippen LogP contribution is 2.18. The second-order valence-electron chi connectivity index (χ2n) is 5.70. The quantitative estimate of drug-likeness (QED) is 0.852. The van der Waals surface area contributed by atoms with E-state index in [-0.39, 0.29) is 24.1 Å². The maximum atomic E-state index is 12.1. The molecule has 0 saturated carbocycles. The lowest BCUT2D eigenvalue weighted by Crippen LogP contribution is -2.45. The summed E-state index contributed by atoms with van der Waals surface area (Å²) in [5, 5.41) is 21.3. The molecule has 1 amide bonds. The lowest BCUT2D eigenvalue weighted by molar-refractivity contribution is 0.00587. The highest BCUT2D eigenvalue weighted by atomic mass is 16.3. The summed E-state index contributed by atoms with van der Waals surface area (Å²) in [5.74, 6) is -0.251. The number of hydrogen-bond acceptors (Lipinski definition) is 4. The molecule has 1 heterocycles. The van der Waals surface area contributed by atoms with Crippen LogP contribution >= 0.6 is 0 Å². The minimum absolute atomic E-state index is 0.0906. The standard InChI is InChI=1S/C16H22N4O2/c1-4-12(2)16(3,22)11-17-15(21)14-10-18-20(19-14)13-8-6-5-7-9-13/h5-10,12,22H,4,11H2,1-3H3,(H,17,21). The second kappa shape index (κ2) is 6.70. The number of para-hydroxylation sites is 1. The molecule has 0 saturated heterocycles. The lowest BCUT2D eigenvalue weighted by atomic mass is 9.88. The summed E-state index contributed by atoms with van der Waals surface area (Å²) in [6.45, 7) is 5.87. The highest BCUT2D eigenvalue weighted by Gasteiger charge is 2.28. The molecule has 0 fully saturated rings.